The minimum absolute atomic E-state index is 0.205. The maximum absolute atomic E-state index is 13.2. The van der Waals surface area contributed by atoms with Crippen LogP contribution in [0.5, 0.6) is 0 Å². The van der Waals surface area contributed by atoms with Crippen LogP contribution in [0.1, 0.15) is 17.5 Å². The zero-order chi connectivity index (χ0) is 10.4. The summed E-state index contributed by atoms with van der Waals surface area (Å²) in [6, 6.07) is 5.12. The molecule has 0 aliphatic carbocycles. The maximum Gasteiger partial charge on any atom is 0.128 e. The summed E-state index contributed by atoms with van der Waals surface area (Å²) < 4.78 is 18.1. The number of benzene rings is 1. The van der Waals surface area contributed by atoms with Crippen LogP contribution in [0.25, 0.3) is 0 Å². The number of aryl methyl sites for hydroxylation is 1. The van der Waals surface area contributed by atoms with Crippen molar-refractivity contribution in [1.29, 1.82) is 0 Å². The first-order chi connectivity index (χ1) is 6.77. The third-order valence-corrected chi connectivity index (χ3v) is 2.08. The van der Waals surface area contributed by atoms with Crippen molar-refractivity contribution in [2.24, 2.45) is 5.73 Å². The highest BCUT2D eigenvalue weighted by Gasteiger charge is 2.02. The number of methoxy groups -OCH3 is 1. The summed E-state index contributed by atoms with van der Waals surface area (Å²) in [5.41, 5.74) is 7.13. The van der Waals surface area contributed by atoms with Crippen molar-refractivity contribution in [3.63, 3.8) is 0 Å². The molecule has 14 heavy (non-hydrogen) atoms. The zero-order valence-electron chi connectivity index (χ0n) is 8.42. The van der Waals surface area contributed by atoms with Gasteiger partial charge in [-0.2, -0.15) is 0 Å². The van der Waals surface area contributed by atoms with E-state index in [0.717, 1.165) is 18.4 Å². The molecule has 0 heterocycles. The highest BCUT2D eigenvalue weighted by atomic mass is 19.1. The van der Waals surface area contributed by atoms with Crippen molar-refractivity contribution >= 4 is 0 Å². The quantitative estimate of drug-likeness (QED) is 0.782. The van der Waals surface area contributed by atoms with Gasteiger partial charge in [0.05, 0.1) is 6.61 Å². The third-order valence-electron chi connectivity index (χ3n) is 2.08. The van der Waals surface area contributed by atoms with Gasteiger partial charge < -0.3 is 10.5 Å². The average Bonchev–Trinajstić information content (AvgIpc) is 2.19. The van der Waals surface area contributed by atoms with Crippen molar-refractivity contribution in [1.82, 2.24) is 0 Å². The van der Waals surface area contributed by atoms with E-state index in [-0.39, 0.29) is 5.82 Å². The molecule has 0 aliphatic rings. The molecule has 0 radical (unpaired) electrons. The summed E-state index contributed by atoms with van der Waals surface area (Å²) in [6.45, 7) is 0.985. The number of nitrogens with two attached hydrogens (primary N) is 1. The van der Waals surface area contributed by atoms with E-state index >= 15 is 0 Å². The van der Waals surface area contributed by atoms with Crippen molar-refractivity contribution in [2.45, 2.75) is 19.4 Å². The van der Waals surface area contributed by atoms with Crippen molar-refractivity contribution in [2.75, 3.05) is 13.7 Å². The van der Waals surface area contributed by atoms with Crippen LogP contribution in [0.2, 0.25) is 0 Å². The van der Waals surface area contributed by atoms with E-state index in [0.29, 0.717) is 18.7 Å². The van der Waals surface area contributed by atoms with Crippen LogP contribution in [-0.2, 0) is 17.8 Å². The molecule has 0 bridgehead atoms. The van der Waals surface area contributed by atoms with E-state index in [1.165, 1.54) is 6.07 Å². The topological polar surface area (TPSA) is 35.2 Å². The monoisotopic (exact) mass is 197 g/mol. The average molecular weight is 197 g/mol. The molecule has 0 atom stereocenters. The normalized spacial score (nSPS) is 10.5. The molecule has 0 unspecified atom stereocenters. The predicted octanol–water partition coefficient (Wildman–Crippen LogP) is 1.86. The van der Waals surface area contributed by atoms with Gasteiger partial charge in [-0.25, -0.2) is 4.39 Å². The molecule has 0 spiro atoms. The number of hydrogen-bond donors (Lipinski definition) is 1. The van der Waals surface area contributed by atoms with E-state index in [1.54, 1.807) is 13.2 Å². The third kappa shape index (κ3) is 3.09. The standard InChI is InChI=1S/C11H16FNO/c1-14-8-10-7-9(3-2-6-13)4-5-11(10)12/h4-5,7H,2-3,6,8,13H2,1H3. The molecule has 0 amide bonds. The van der Waals surface area contributed by atoms with Crippen molar-refractivity contribution < 1.29 is 9.13 Å². The van der Waals surface area contributed by atoms with Gasteiger partial charge in [-0.05, 0) is 31.0 Å². The van der Waals surface area contributed by atoms with Crippen LogP contribution in [0.3, 0.4) is 0 Å². The summed E-state index contributed by atoms with van der Waals surface area (Å²) in [7, 11) is 1.56. The van der Waals surface area contributed by atoms with E-state index < -0.39 is 0 Å². The van der Waals surface area contributed by atoms with Gasteiger partial charge in [-0.15, -0.1) is 0 Å². The second-order valence-electron chi connectivity index (χ2n) is 3.25. The SMILES string of the molecule is COCc1cc(CCCN)ccc1F. The largest absolute Gasteiger partial charge is 0.380 e. The number of halogens is 1. The molecule has 2 nitrogen and oxygen atoms in total. The smallest absolute Gasteiger partial charge is 0.128 e. The summed E-state index contributed by atoms with van der Waals surface area (Å²) in [5.74, 6) is -0.205. The molecular formula is C11H16FNO. The van der Waals surface area contributed by atoms with Crippen LogP contribution in [0.4, 0.5) is 4.39 Å². The molecular weight excluding hydrogens is 181 g/mol. The lowest BCUT2D eigenvalue weighted by Gasteiger charge is -2.05. The molecule has 0 saturated carbocycles. The fraction of sp³-hybridized carbons (Fsp3) is 0.455. The number of hydrogen-bond acceptors (Lipinski definition) is 2. The lowest BCUT2D eigenvalue weighted by atomic mass is 10.1. The summed E-state index contributed by atoms with van der Waals surface area (Å²) in [6.07, 6.45) is 1.82. The molecule has 2 N–H and O–H groups in total. The van der Waals surface area contributed by atoms with Crippen LogP contribution >= 0.6 is 0 Å². The molecule has 0 aromatic heterocycles. The van der Waals surface area contributed by atoms with Crippen molar-refractivity contribution in [3.05, 3.63) is 35.1 Å². The first-order valence-corrected chi connectivity index (χ1v) is 4.74. The first kappa shape index (κ1) is 11.1. The van der Waals surface area contributed by atoms with Crippen LogP contribution in [0, 0.1) is 5.82 Å². The summed E-state index contributed by atoms with van der Waals surface area (Å²) >= 11 is 0. The van der Waals surface area contributed by atoms with Gasteiger partial charge in [0, 0.05) is 12.7 Å². The second kappa shape index (κ2) is 5.73. The highest BCUT2D eigenvalue weighted by molar-refractivity contribution is 5.24. The van der Waals surface area contributed by atoms with Gasteiger partial charge in [-0.3, -0.25) is 0 Å². The molecule has 3 heteroatoms. The molecule has 0 saturated heterocycles. The van der Waals surface area contributed by atoms with Gasteiger partial charge in [0.15, 0.2) is 0 Å². The number of rotatable bonds is 5. The fourth-order valence-electron chi connectivity index (χ4n) is 1.36. The van der Waals surface area contributed by atoms with Crippen LogP contribution in [-0.4, -0.2) is 13.7 Å². The lowest BCUT2D eigenvalue weighted by Crippen LogP contribution is -2.01. The zero-order valence-corrected chi connectivity index (χ0v) is 8.42. The predicted molar refractivity (Wildman–Crippen MR) is 54.5 cm³/mol. The molecule has 1 aromatic rings. The highest BCUT2D eigenvalue weighted by Crippen LogP contribution is 2.12. The molecule has 1 rings (SSSR count). The van der Waals surface area contributed by atoms with E-state index in [4.69, 9.17) is 10.5 Å². The van der Waals surface area contributed by atoms with Gasteiger partial charge in [0.1, 0.15) is 5.82 Å². The summed E-state index contributed by atoms with van der Waals surface area (Å²) in [5, 5.41) is 0. The Morgan fingerprint density at radius 1 is 1.43 bits per heavy atom. The molecule has 1 aromatic carbocycles. The Morgan fingerprint density at radius 2 is 2.21 bits per heavy atom. The van der Waals surface area contributed by atoms with Crippen molar-refractivity contribution in [3.8, 4) is 0 Å². The minimum Gasteiger partial charge on any atom is -0.380 e. The van der Waals surface area contributed by atoms with Gasteiger partial charge in [0.25, 0.3) is 0 Å². The maximum atomic E-state index is 13.2. The van der Waals surface area contributed by atoms with E-state index in [2.05, 4.69) is 0 Å². The van der Waals surface area contributed by atoms with E-state index in [1.807, 2.05) is 6.07 Å². The Kier molecular flexibility index (Phi) is 4.56. The molecule has 78 valence electrons. The van der Waals surface area contributed by atoms with Crippen LogP contribution in [0.15, 0.2) is 18.2 Å². The van der Waals surface area contributed by atoms with Gasteiger partial charge in [-0.1, -0.05) is 12.1 Å². The molecule has 0 aliphatic heterocycles. The molecule has 0 fully saturated rings. The van der Waals surface area contributed by atoms with Gasteiger partial charge in [0.2, 0.25) is 0 Å². The Hall–Kier alpha value is -0.930. The number of ether oxygens (including phenoxy) is 1. The van der Waals surface area contributed by atoms with E-state index in [9.17, 15) is 4.39 Å². The van der Waals surface area contributed by atoms with Crippen LogP contribution < -0.4 is 5.73 Å². The summed E-state index contributed by atoms with van der Waals surface area (Å²) in [4.78, 5) is 0. The Balaban J connectivity index is 2.72. The minimum atomic E-state index is -0.205. The second-order valence-corrected chi connectivity index (χ2v) is 3.25. The van der Waals surface area contributed by atoms with Gasteiger partial charge >= 0.3 is 0 Å². The lowest BCUT2D eigenvalue weighted by molar-refractivity contribution is 0.181. The Morgan fingerprint density at radius 3 is 2.86 bits per heavy atom. The fourth-order valence-corrected chi connectivity index (χ4v) is 1.36. The first-order valence-electron chi connectivity index (χ1n) is 4.74. The Labute approximate surface area is 83.9 Å². The Bertz CT molecular complexity index is 289.